The molecule has 5 nitrogen and oxygen atoms in total. The molecule has 0 atom stereocenters. The molecule has 0 radical (unpaired) electrons. The number of aromatic nitrogens is 1. The Morgan fingerprint density at radius 2 is 2.13 bits per heavy atom. The Bertz CT molecular complexity index is 492. The van der Waals surface area contributed by atoms with E-state index in [4.69, 9.17) is 5.73 Å². The summed E-state index contributed by atoms with van der Waals surface area (Å²) in [5.41, 5.74) is 6.41. The highest BCUT2D eigenvalue weighted by Gasteiger charge is 2.28. The summed E-state index contributed by atoms with van der Waals surface area (Å²) < 4.78 is 40.9. The summed E-state index contributed by atoms with van der Waals surface area (Å²) in [5.74, 6) is 0.234. The van der Waals surface area contributed by atoms with Gasteiger partial charge in [0.25, 0.3) is 0 Å². The normalized spacial score (nSPS) is 12.3. The number of hydrogen-bond acceptors (Lipinski definition) is 3. The second-order valence-electron chi connectivity index (χ2n) is 5.10. The van der Waals surface area contributed by atoms with Gasteiger partial charge in [-0.2, -0.15) is 13.2 Å². The van der Waals surface area contributed by atoms with Crippen molar-refractivity contribution in [2.45, 2.75) is 45.3 Å². The van der Waals surface area contributed by atoms with E-state index in [9.17, 15) is 13.2 Å². The van der Waals surface area contributed by atoms with Gasteiger partial charge in [-0.15, -0.1) is 0 Å². The van der Waals surface area contributed by atoms with Crippen molar-refractivity contribution < 1.29 is 17.9 Å². The average molecular weight is 332 g/mol. The molecular weight excluding hydrogens is 309 g/mol. The van der Waals surface area contributed by atoms with E-state index in [0.29, 0.717) is 11.5 Å². The molecule has 0 aliphatic rings. The minimum atomic E-state index is -4.39. The molecule has 0 aliphatic carbocycles. The van der Waals surface area contributed by atoms with Crippen LogP contribution < -0.4 is 15.8 Å². The Hall–Kier alpha value is -1.99. The third kappa shape index (κ3) is 9.59. The molecule has 23 heavy (non-hydrogen) atoms. The maximum Gasteiger partial charge on any atom is 0.422 e. The summed E-state index contributed by atoms with van der Waals surface area (Å²) in [6, 6.07) is 3.07. The number of alkyl halides is 3. The number of hydrogen-bond donors (Lipinski definition) is 2. The number of pyridine rings is 1. The minimum absolute atomic E-state index is 0.0823. The van der Waals surface area contributed by atoms with Crippen LogP contribution in [0.1, 0.15) is 38.2 Å². The standard InChI is InChI=1S/C15H23F3N4O/c1-2-3-4-5-7-21-14(19)22-10-12-6-8-20-13(9-12)23-11-15(16,17)18/h6,8-9H,2-5,7,10-11H2,1H3,(H3,19,21,22). The quantitative estimate of drug-likeness (QED) is 0.414. The van der Waals surface area contributed by atoms with Gasteiger partial charge in [-0.05, 0) is 18.1 Å². The fourth-order valence-electron chi connectivity index (χ4n) is 1.78. The van der Waals surface area contributed by atoms with Gasteiger partial charge in [-0.3, -0.25) is 0 Å². The van der Waals surface area contributed by atoms with Crippen molar-refractivity contribution in [2.24, 2.45) is 10.7 Å². The molecule has 0 saturated carbocycles. The molecule has 0 amide bonds. The second-order valence-corrected chi connectivity index (χ2v) is 5.10. The van der Waals surface area contributed by atoms with Gasteiger partial charge < -0.3 is 15.8 Å². The Morgan fingerprint density at radius 1 is 1.35 bits per heavy atom. The molecule has 0 spiro atoms. The van der Waals surface area contributed by atoms with Crippen LogP contribution in [0.4, 0.5) is 13.2 Å². The number of halogens is 3. The number of aliphatic imine (C=N–C) groups is 1. The summed E-state index contributed by atoms with van der Waals surface area (Å²) in [5, 5.41) is 3.00. The Labute approximate surface area is 134 Å². The molecule has 1 aromatic heterocycles. The SMILES string of the molecule is CCCCCCNC(N)=NCc1ccnc(OCC(F)(F)F)c1. The fourth-order valence-corrected chi connectivity index (χ4v) is 1.78. The lowest BCUT2D eigenvalue weighted by atomic mass is 10.2. The van der Waals surface area contributed by atoms with Crippen LogP contribution >= 0.6 is 0 Å². The first kappa shape index (κ1) is 19.1. The Morgan fingerprint density at radius 3 is 2.83 bits per heavy atom. The highest BCUT2D eigenvalue weighted by atomic mass is 19.4. The van der Waals surface area contributed by atoms with Gasteiger partial charge in [0.05, 0.1) is 6.54 Å². The second kappa shape index (κ2) is 9.91. The van der Waals surface area contributed by atoms with Crippen LogP contribution in [0.3, 0.4) is 0 Å². The van der Waals surface area contributed by atoms with Gasteiger partial charge in [0.15, 0.2) is 12.6 Å². The van der Waals surface area contributed by atoms with Gasteiger partial charge in [0.1, 0.15) is 0 Å². The number of unbranched alkanes of at least 4 members (excludes halogenated alkanes) is 3. The number of ether oxygens (including phenoxy) is 1. The van der Waals surface area contributed by atoms with E-state index in [1.165, 1.54) is 25.1 Å². The molecule has 3 N–H and O–H groups in total. The molecule has 0 unspecified atom stereocenters. The van der Waals surface area contributed by atoms with Gasteiger partial charge in [0.2, 0.25) is 5.88 Å². The van der Waals surface area contributed by atoms with E-state index in [2.05, 4.69) is 27.0 Å². The molecule has 0 aromatic carbocycles. The first-order valence-electron chi connectivity index (χ1n) is 7.59. The third-order valence-electron chi connectivity index (χ3n) is 2.95. The zero-order chi connectivity index (χ0) is 17.1. The Kier molecular flexibility index (Phi) is 8.21. The summed E-state index contributed by atoms with van der Waals surface area (Å²) in [7, 11) is 0. The molecule has 0 bridgehead atoms. The third-order valence-corrected chi connectivity index (χ3v) is 2.95. The monoisotopic (exact) mass is 332 g/mol. The first-order chi connectivity index (χ1) is 10.9. The lowest BCUT2D eigenvalue weighted by Crippen LogP contribution is -2.32. The van der Waals surface area contributed by atoms with Crippen LogP contribution in [0.2, 0.25) is 0 Å². The van der Waals surface area contributed by atoms with Crippen LogP contribution in [-0.4, -0.2) is 30.3 Å². The topological polar surface area (TPSA) is 72.5 Å². The van der Waals surface area contributed by atoms with Crippen LogP contribution in [0.15, 0.2) is 23.3 Å². The van der Waals surface area contributed by atoms with Gasteiger partial charge in [-0.1, -0.05) is 26.2 Å². The molecule has 0 saturated heterocycles. The van der Waals surface area contributed by atoms with Crippen molar-refractivity contribution in [3.8, 4) is 5.88 Å². The number of nitrogens with zero attached hydrogens (tertiary/aromatic N) is 2. The summed E-state index contributed by atoms with van der Waals surface area (Å²) in [4.78, 5) is 7.87. The lowest BCUT2D eigenvalue weighted by Gasteiger charge is -2.09. The van der Waals surface area contributed by atoms with E-state index in [1.807, 2.05) is 0 Å². The zero-order valence-corrected chi connectivity index (χ0v) is 13.2. The fraction of sp³-hybridized carbons (Fsp3) is 0.600. The number of guanidine groups is 1. The molecule has 1 rings (SSSR count). The van der Waals surface area contributed by atoms with Crippen molar-refractivity contribution in [2.75, 3.05) is 13.2 Å². The maximum atomic E-state index is 12.1. The van der Waals surface area contributed by atoms with Gasteiger partial charge >= 0.3 is 6.18 Å². The number of rotatable bonds is 9. The summed E-state index contributed by atoms with van der Waals surface area (Å²) in [6.45, 7) is 1.78. The van der Waals surface area contributed by atoms with E-state index in [0.717, 1.165) is 19.4 Å². The van der Waals surface area contributed by atoms with E-state index >= 15 is 0 Å². The molecule has 1 aromatic rings. The van der Waals surface area contributed by atoms with Crippen molar-refractivity contribution in [3.63, 3.8) is 0 Å². The smallest absolute Gasteiger partial charge is 0.422 e. The summed E-state index contributed by atoms with van der Waals surface area (Å²) in [6.07, 6.45) is 1.52. The predicted octanol–water partition coefficient (Wildman–Crippen LogP) is 3.01. The van der Waals surface area contributed by atoms with Crippen molar-refractivity contribution in [1.29, 1.82) is 0 Å². The van der Waals surface area contributed by atoms with Crippen molar-refractivity contribution in [1.82, 2.24) is 10.3 Å². The minimum Gasteiger partial charge on any atom is -0.468 e. The van der Waals surface area contributed by atoms with Crippen LogP contribution in [-0.2, 0) is 6.54 Å². The number of nitrogens with two attached hydrogens (primary N) is 1. The molecule has 0 fully saturated rings. The highest BCUT2D eigenvalue weighted by molar-refractivity contribution is 5.77. The zero-order valence-electron chi connectivity index (χ0n) is 13.2. The predicted molar refractivity (Wildman–Crippen MR) is 83.3 cm³/mol. The average Bonchev–Trinajstić information content (AvgIpc) is 2.50. The van der Waals surface area contributed by atoms with Crippen molar-refractivity contribution >= 4 is 5.96 Å². The molecular formula is C15H23F3N4O. The van der Waals surface area contributed by atoms with Crippen LogP contribution in [0.5, 0.6) is 5.88 Å². The van der Waals surface area contributed by atoms with Crippen LogP contribution in [0, 0.1) is 0 Å². The lowest BCUT2D eigenvalue weighted by molar-refractivity contribution is -0.154. The van der Waals surface area contributed by atoms with Gasteiger partial charge in [-0.25, -0.2) is 9.98 Å². The largest absolute Gasteiger partial charge is 0.468 e. The summed E-state index contributed by atoms with van der Waals surface area (Å²) >= 11 is 0. The van der Waals surface area contributed by atoms with E-state index in [1.54, 1.807) is 6.07 Å². The molecule has 1 heterocycles. The molecule has 8 heteroatoms. The highest BCUT2D eigenvalue weighted by Crippen LogP contribution is 2.17. The number of nitrogens with one attached hydrogen (secondary N) is 1. The van der Waals surface area contributed by atoms with E-state index in [-0.39, 0.29) is 12.4 Å². The molecule has 0 aliphatic heterocycles. The van der Waals surface area contributed by atoms with Gasteiger partial charge in [0, 0.05) is 18.8 Å². The van der Waals surface area contributed by atoms with Crippen LogP contribution in [0.25, 0.3) is 0 Å². The Balaban J connectivity index is 2.39. The van der Waals surface area contributed by atoms with E-state index < -0.39 is 12.8 Å². The maximum absolute atomic E-state index is 12.1. The van der Waals surface area contributed by atoms with Crippen molar-refractivity contribution in [3.05, 3.63) is 23.9 Å². The molecule has 130 valence electrons. The first-order valence-corrected chi connectivity index (χ1v) is 7.59.